The lowest BCUT2D eigenvalue weighted by molar-refractivity contribution is -0.143. The number of esters is 1. The minimum atomic E-state index is -0.230. The van der Waals surface area contributed by atoms with Gasteiger partial charge in [-0.3, -0.25) is 14.6 Å². The zero-order chi connectivity index (χ0) is 17.9. The summed E-state index contributed by atoms with van der Waals surface area (Å²) < 4.78 is 6.19. The SMILES string of the molecule is O=C(CCCCc1ccc(Br)cc1)OCCNC(=O)c1cccnc1. The molecule has 0 spiro atoms. The Hall–Kier alpha value is -2.21. The molecule has 0 unspecified atom stereocenters. The molecule has 0 aliphatic rings. The zero-order valence-corrected chi connectivity index (χ0v) is 15.5. The normalized spacial score (nSPS) is 10.3. The molecule has 0 aliphatic heterocycles. The van der Waals surface area contributed by atoms with E-state index in [1.807, 2.05) is 12.1 Å². The van der Waals surface area contributed by atoms with E-state index < -0.39 is 0 Å². The molecule has 0 saturated carbocycles. The highest BCUT2D eigenvalue weighted by molar-refractivity contribution is 9.10. The number of carbonyl (C=O) groups excluding carboxylic acids is 2. The molecular formula is C19H21BrN2O3. The van der Waals surface area contributed by atoms with Crippen LogP contribution in [-0.2, 0) is 16.0 Å². The second-order valence-electron chi connectivity index (χ2n) is 5.55. The van der Waals surface area contributed by atoms with Crippen molar-refractivity contribution in [3.63, 3.8) is 0 Å². The first-order chi connectivity index (χ1) is 12.1. The molecule has 0 fully saturated rings. The van der Waals surface area contributed by atoms with Crippen LogP contribution in [-0.4, -0.2) is 30.0 Å². The van der Waals surface area contributed by atoms with Crippen LogP contribution < -0.4 is 5.32 Å². The minimum absolute atomic E-state index is 0.178. The first kappa shape index (κ1) is 19.1. The Morgan fingerprint density at radius 3 is 2.64 bits per heavy atom. The molecule has 1 heterocycles. The highest BCUT2D eigenvalue weighted by Gasteiger charge is 2.06. The first-order valence-electron chi connectivity index (χ1n) is 8.23. The molecule has 0 aliphatic carbocycles. The molecule has 2 aromatic rings. The number of hydrogen-bond donors (Lipinski definition) is 1. The van der Waals surface area contributed by atoms with Crippen LogP contribution in [0.2, 0.25) is 0 Å². The van der Waals surface area contributed by atoms with Gasteiger partial charge >= 0.3 is 5.97 Å². The summed E-state index contributed by atoms with van der Waals surface area (Å²) in [6.07, 6.45) is 6.17. The summed E-state index contributed by atoms with van der Waals surface area (Å²) in [5, 5.41) is 2.69. The smallest absolute Gasteiger partial charge is 0.305 e. The summed E-state index contributed by atoms with van der Waals surface area (Å²) in [6.45, 7) is 0.468. The van der Waals surface area contributed by atoms with Gasteiger partial charge in [-0.15, -0.1) is 0 Å². The molecule has 25 heavy (non-hydrogen) atoms. The van der Waals surface area contributed by atoms with Crippen molar-refractivity contribution in [1.82, 2.24) is 10.3 Å². The van der Waals surface area contributed by atoms with Crippen molar-refractivity contribution in [2.75, 3.05) is 13.2 Å². The molecule has 0 saturated heterocycles. The quantitative estimate of drug-likeness (QED) is 0.512. The summed E-state index contributed by atoms with van der Waals surface area (Å²) in [5.74, 6) is -0.454. The molecule has 0 radical (unpaired) electrons. The first-order valence-corrected chi connectivity index (χ1v) is 9.03. The Morgan fingerprint density at radius 2 is 1.92 bits per heavy atom. The van der Waals surface area contributed by atoms with Gasteiger partial charge in [0.15, 0.2) is 0 Å². The number of aromatic nitrogens is 1. The number of unbranched alkanes of at least 4 members (excludes halogenated alkanes) is 1. The predicted molar refractivity (Wildman–Crippen MR) is 99.2 cm³/mol. The summed E-state index contributed by atoms with van der Waals surface area (Å²) in [6, 6.07) is 11.6. The van der Waals surface area contributed by atoms with Crippen LogP contribution in [0.5, 0.6) is 0 Å². The Kier molecular flexibility index (Phi) is 8.12. The summed E-state index contributed by atoms with van der Waals surface area (Å²) in [5.41, 5.74) is 1.75. The maximum Gasteiger partial charge on any atom is 0.305 e. The van der Waals surface area contributed by atoms with Crippen molar-refractivity contribution in [3.8, 4) is 0 Å². The topological polar surface area (TPSA) is 68.3 Å². The van der Waals surface area contributed by atoms with Crippen molar-refractivity contribution < 1.29 is 14.3 Å². The van der Waals surface area contributed by atoms with Gasteiger partial charge in [0, 0.05) is 23.3 Å². The lowest BCUT2D eigenvalue weighted by Gasteiger charge is -2.07. The van der Waals surface area contributed by atoms with Crippen molar-refractivity contribution in [2.45, 2.75) is 25.7 Å². The number of rotatable bonds is 9. The number of pyridine rings is 1. The molecule has 1 aromatic carbocycles. The van der Waals surface area contributed by atoms with E-state index in [2.05, 4.69) is 38.4 Å². The van der Waals surface area contributed by atoms with E-state index in [9.17, 15) is 9.59 Å². The molecule has 1 aromatic heterocycles. The van der Waals surface area contributed by atoms with E-state index in [-0.39, 0.29) is 18.5 Å². The maximum absolute atomic E-state index is 11.8. The number of hydrogen-bond acceptors (Lipinski definition) is 4. The van der Waals surface area contributed by atoms with Crippen LogP contribution in [0.15, 0.2) is 53.3 Å². The van der Waals surface area contributed by atoms with Gasteiger partial charge in [-0.25, -0.2) is 0 Å². The number of aryl methyl sites for hydroxylation is 1. The van der Waals surface area contributed by atoms with Crippen LogP contribution in [0.3, 0.4) is 0 Å². The van der Waals surface area contributed by atoms with Crippen LogP contribution in [0, 0.1) is 0 Å². The molecule has 0 atom stereocenters. The second-order valence-corrected chi connectivity index (χ2v) is 6.47. The fourth-order valence-corrected chi connectivity index (χ4v) is 2.51. The highest BCUT2D eigenvalue weighted by atomic mass is 79.9. The third-order valence-corrected chi connectivity index (χ3v) is 4.11. The van der Waals surface area contributed by atoms with Crippen molar-refractivity contribution >= 4 is 27.8 Å². The number of carbonyl (C=O) groups is 2. The van der Waals surface area contributed by atoms with Gasteiger partial charge in [-0.1, -0.05) is 28.1 Å². The fourth-order valence-electron chi connectivity index (χ4n) is 2.25. The molecule has 132 valence electrons. The van der Waals surface area contributed by atoms with E-state index >= 15 is 0 Å². The van der Waals surface area contributed by atoms with E-state index in [1.54, 1.807) is 18.3 Å². The van der Waals surface area contributed by atoms with Gasteiger partial charge in [0.25, 0.3) is 5.91 Å². The highest BCUT2D eigenvalue weighted by Crippen LogP contribution is 2.13. The molecule has 1 N–H and O–H groups in total. The van der Waals surface area contributed by atoms with E-state index in [4.69, 9.17) is 4.74 Å². The fraction of sp³-hybridized carbons (Fsp3) is 0.316. The van der Waals surface area contributed by atoms with E-state index in [0.717, 1.165) is 23.7 Å². The van der Waals surface area contributed by atoms with Gasteiger partial charge in [0.05, 0.1) is 12.1 Å². The predicted octanol–water partition coefficient (Wildman–Crippen LogP) is 3.53. The summed E-state index contributed by atoms with van der Waals surface area (Å²) in [4.78, 5) is 27.3. The lowest BCUT2D eigenvalue weighted by atomic mass is 10.1. The monoisotopic (exact) mass is 404 g/mol. The van der Waals surface area contributed by atoms with Gasteiger partial charge < -0.3 is 10.1 Å². The van der Waals surface area contributed by atoms with Crippen molar-refractivity contribution in [2.24, 2.45) is 0 Å². The van der Waals surface area contributed by atoms with E-state index in [1.165, 1.54) is 11.8 Å². The number of halogens is 1. The van der Waals surface area contributed by atoms with Crippen LogP contribution in [0.1, 0.15) is 35.2 Å². The van der Waals surface area contributed by atoms with E-state index in [0.29, 0.717) is 18.5 Å². The number of nitrogens with zero attached hydrogens (tertiary/aromatic N) is 1. The zero-order valence-electron chi connectivity index (χ0n) is 13.9. The van der Waals surface area contributed by atoms with Crippen molar-refractivity contribution in [3.05, 3.63) is 64.4 Å². The lowest BCUT2D eigenvalue weighted by Crippen LogP contribution is -2.28. The third-order valence-electron chi connectivity index (χ3n) is 3.58. The van der Waals surface area contributed by atoms with Crippen molar-refractivity contribution in [1.29, 1.82) is 0 Å². The average Bonchev–Trinajstić information content (AvgIpc) is 2.64. The molecule has 5 nitrogen and oxygen atoms in total. The minimum Gasteiger partial charge on any atom is -0.464 e. The van der Waals surface area contributed by atoms with Crippen LogP contribution in [0.25, 0.3) is 0 Å². The standard InChI is InChI=1S/C19H21BrN2O3/c20-17-9-7-15(8-10-17)4-1-2-6-18(23)25-13-12-22-19(24)16-5-3-11-21-14-16/h3,5,7-11,14H,1-2,4,6,12-13H2,(H,22,24). The Balaban J connectivity index is 1.52. The molecule has 1 amide bonds. The molecular weight excluding hydrogens is 384 g/mol. The summed E-state index contributed by atoms with van der Waals surface area (Å²) in [7, 11) is 0. The van der Waals surface area contributed by atoms with Gasteiger partial charge in [0.1, 0.15) is 6.61 Å². The second kappa shape index (κ2) is 10.6. The largest absolute Gasteiger partial charge is 0.464 e. The molecule has 2 rings (SSSR count). The third kappa shape index (κ3) is 7.47. The molecule has 0 bridgehead atoms. The van der Waals surface area contributed by atoms with Crippen LogP contribution in [0.4, 0.5) is 0 Å². The number of nitrogens with one attached hydrogen (secondary N) is 1. The number of ether oxygens (including phenoxy) is 1. The van der Waals surface area contributed by atoms with Gasteiger partial charge in [-0.05, 0) is 49.1 Å². The van der Waals surface area contributed by atoms with Gasteiger partial charge in [-0.2, -0.15) is 0 Å². The van der Waals surface area contributed by atoms with Crippen LogP contribution >= 0.6 is 15.9 Å². The number of amides is 1. The van der Waals surface area contributed by atoms with Gasteiger partial charge in [0.2, 0.25) is 0 Å². The average molecular weight is 405 g/mol. The Morgan fingerprint density at radius 1 is 1.12 bits per heavy atom. The Bertz CT molecular complexity index is 675. The Labute approximate surface area is 155 Å². The molecule has 6 heteroatoms. The maximum atomic E-state index is 11.8. The number of benzene rings is 1. The summed E-state index contributed by atoms with van der Waals surface area (Å²) >= 11 is 3.41.